The summed E-state index contributed by atoms with van der Waals surface area (Å²) in [6, 6.07) is 10.8. The van der Waals surface area contributed by atoms with Gasteiger partial charge in [-0.25, -0.2) is 13.1 Å². The van der Waals surface area contributed by atoms with Gasteiger partial charge >= 0.3 is 0 Å². The monoisotopic (exact) mass is 384 g/mol. The molecule has 1 aliphatic heterocycles. The van der Waals surface area contributed by atoms with Crippen LogP contribution in [-0.4, -0.2) is 14.3 Å². The zero-order valence-corrected chi connectivity index (χ0v) is 16.4. The van der Waals surface area contributed by atoms with Crippen LogP contribution in [0.5, 0.6) is 0 Å². The van der Waals surface area contributed by atoms with Gasteiger partial charge in [-0.3, -0.25) is 4.79 Å². The summed E-state index contributed by atoms with van der Waals surface area (Å²) in [7, 11) is -3.68. The molecule has 0 spiro atoms. The van der Waals surface area contributed by atoms with Crippen molar-refractivity contribution < 1.29 is 13.2 Å². The molecule has 0 unspecified atom stereocenters. The van der Waals surface area contributed by atoms with E-state index in [4.69, 9.17) is 0 Å². The molecule has 0 bridgehead atoms. The molecular weight excluding hydrogens is 360 g/mol. The first-order valence-electron chi connectivity index (χ1n) is 9.44. The summed E-state index contributed by atoms with van der Waals surface area (Å²) in [6.07, 6.45) is 4.58. The highest BCUT2D eigenvalue weighted by Crippen LogP contribution is 2.34. The topological polar surface area (TPSA) is 75.3 Å². The van der Waals surface area contributed by atoms with E-state index >= 15 is 0 Å². The van der Waals surface area contributed by atoms with Crippen LogP contribution in [0.25, 0.3) is 0 Å². The maximum atomic E-state index is 12.9. The number of hydrogen-bond donors (Lipinski definition) is 2. The van der Waals surface area contributed by atoms with E-state index in [0.717, 1.165) is 24.0 Å². The van der Waals surface area contributed by atoms with Gasteiger partial charge in [-0.1, -0.05) is 18.2 Å². The average molecular weight is 385 g/mol. The summed E-state index contributed by atoms with van der Waals surface area (Å²) in [6.45, 7) is 3.64. The molecule has 5 nitrogen and oxygen atoms in total. The van der Waals surface area contributed by atoms with Gasteiger partial charge < -0.3 is 5.32 Å². The van der Waals surface area contributed by atoms with Crippen LogP contribution >= 0.6 is 0 Å². The van der Waals surface area contributed by atoms with Gasteiger partial charge in [0.2, 0.25) is 15.9 Å². The summed E-state index contributed by atoms with van der Waals surface area (Å²) >= 11 is 0. The minimum absolute atomic E-state index is 0.102. The molecule has 4 rings (SSSR count). The minimum atomic E-state index is -3.68. The number of sulfonamides is 1. The number of rotatable bonds is 4. The molecule has 27 heavy (non-hydrogen) atoms. The first kappa shape index (κ1) is 18.2. The Labute approximate surface area is 160 Å². The Hall–Kier alpha value is -2.18. The summed E-state index contributed by atoms with van der Waals surface area (Å²) in [5.74, 6) is -0.442. The van der Waals surface area contributed by atoms with Crippen LogP contribution in [0.2, 0.25) is 0 Å². The second kappa shape index (κ2) is 6.77. The number of carbonyl (C=O) groups excluding carboxylic acids is 1. The summed E-state index contributed by atoms with van der Waals surface area (Å²) < 4.78 is 28.5. The van der Waals surface area contributed by atoms with Gasteiger partial charge in [0.05, 0.1) is 10.8 Å². The molecule has 1 heterocycles. The molecule has 0 saturated heterocycles. The lowest BCUT2D eigenvalue weighted by atomic mass is 9.89. The Kier molecular flexibility index (Phi) is 4.56. The number of aryl methyl sites for hydroxylation is 2. The van der Waals surface area contributed by atoms with E-state index in [2.05, 4.69) is 22.2 Å². The van der Waals surface area contributed by atoms with E-state index in [-0.39, 0.29) is 22.8 Å². The molecule has 2 aromatic carbocycles. The van der Waals surface area contributed by atoms with Gasteiger partial charge in [0.15, 0.2) is 0 Å². The third-order valence-corrected chi connectivity index (χ3v) is 7.19. The third kappa shape index (κ3) is 3.39. The van der Waals surface area contributed by atoms with Crippen molar-refractivity contribution in [1.82, 2.24) is 4.72 Å². The number of anilines is 1. The predicted octanol–water partition coefficient (Wildman–Crippen LogP) is 3.66. The van der Waals surface area contributed by atoms with E-state index in [9.17, 15) is 13.2 Å². The Balaban J connectivity index is 1.58. The maximum absolute atomic E-state index is 12.9. The number of amides is 1. The van der Waals surface area contributed by atoms with Crippen LogP contribution in [0.3, 0.4) is 0 Å². The summed E-state index contributed by atoms with van der Waals surface area (Å²) in [5, 5.41) is 2.77. The molecule has 2 aliphatic rings. The Morgan fingerprint density at radius 2 is 1.81 bits per heavy atom. The van der Waals surface area contributed by atoms with Crippen molar-refractivity contribution in [3.63, 3.8) is 0 Å². The van der Waals surface area contributed by atoms with E-state index in [1.165, 1.54) is 24.0 Å². The number of carbonyl (C=O) groups is 1. The van der Waals surface area contributed by atoms with E-state index in [1.54, 1.807) is 25.1 Å². The van der Waals surface area contributed by atoms with Crippen LogP contribution in [0.4, 0.5) is 5.69 Å². The zero-order chi connectivity index (χ0) is 19.2. The smallest absolute Gasteiger partial charge is 0.241 e. The van der Waals surface area contributed by atoms with Crippen LogP contribution in [0.15, 0.2) is 41.3 Å². The van der Waals surface area contributed by atoms with Gasteiger partial charge in [0.1, 0.15) is 0 Å². The molecule has 0 radical (unpaired) electrons. The minimum Gasteiger partial charge on any atom is -0.325 e. The number of hydrogen-bond acceptors (Lipinski definition) is 3. The quantitative estimate of drug-likeness (QED) is 0.845. The van der Waals surface area contributed by atoms with Crippen molar-refractivity contribution in [1.29, 1.82) is 0 Å². The van der Waals surface area contributed by atoms with Crippen LogP contribution in [0, 0.1) is 0 Å². The van der Waals surface area contributed by atoms with Crippen molar-refractivity contribution in [2.75, 3.05) is 5.32 Å². The fourth-order valence-corrected chi connectivity index (χ4v) is 5.22. The normalized spacial score (nSPS) is 19.9. The SMILES string of the molecule is C[C@@H]1C(=O)Nc2ccc(S(=O)(=O)N[C@H](C)c3ccc4c(c3)CCCC4)cc21. The summed E-state index contributed by atoms with van der Waals surface area (Å²) in [4.78, 5) is 12.0. The lowest BCUT2D eigenvalue weighted by Gasteiger charge is -2.20. The molecule has 2 atom stereocenters. The van der Waals surface area contributed by atoms with Crippen molar-refractivity contribution in [3.05, 3.63) is 58.7 Å². The molecule has 142 valence electrons. The molecule has 0 aromatic heterocycles. The number of benzene rings is 2. The van der Waals surface area contributed by atoms with E-state index < -0.39 is 10.0 Å². The fraction of sp³-hybridized carbons (Fsp3) is 0.381. The molecule has 1 amide bonds. The highest BCUT2D eigenvalue weighted by molar-refractivity contribution is 7.89. The first-order chi connectivity index (χ1) is 12.8. The molecule has 0 fully saturated rings. The van der Waals surface area contributed by atoms with E-state index in [0.29, 0.717) is 5.69 Å². The third-order valence-electron chi connectivity index (χ3n) is 5.66. The molecule has 1 aliphatic carbocycles. The number of fused-ring (bicyclic) bond motifs is 2. The highest BCUT2D eigenvalue weighted by atomic mass is 32.2. The van der Waals surface area contributed by atoms with Crippen molar-refractivity contribution >= 4 is 21.6 Å². The van der Waals surface area contributed by atoms with Gasteiger partial charge in [-0.05, 0) is 80.0 Å². The van der Waals surface area contributed by atoms with Crippen molar-refractivity contribution in [3.8, 4) is 0 Å². The van der Waals surface area contributed by atoms with Gasteiger partial charge in [-0.15, -0.1) is 0 Å². The van der Waals surface area contributed by atoms with Crippen LogP contribution in [-0.2, 0) is 27.7 Å². The maximum Gasteiger partial charge on any atom is 0.241 e. The van der Waals surface area contributed by atoms with Crippen LogP contribution in [0.1, 0.15) is 60.9 Å². The molecular formula is C21H24N2O3S. The lowest BCUT2D eigenvalue weighted by molar-refractivity contribution is -0.116. The van der Waals surface area contributed by atoms with Crippen LogP contribution < -0.4 is 10.0 Å². The first-order valence-corrected chi connectivity index (χ1v) is 10.9. The number of nitrogens with one attached hydrogen (secondary N) is 2. The Morgan fingerprint density at radius 3 is 2.59 bits per heavy atom. The zero-order valence-electron chi connectivity index (χ0n) is 15.6. The summed E-state index contributed by atoms with van der Waals surface area (Å²) in [5.41, 5.74) is 5.11. The van der Waals surface area contributed by atoms with E-state index in [1.807, 2.05) is 13.0 Å². The molecule has 0 saturated carbocycles. The predicted molar refractivity (Wildman–Crippen MR) is 105 cm³/mol. The van der Waals surface area contributed by atoms with Gasteiger partial charge in [0.25, 0.3) is 0 Å². The molecule has 2 N–H and O–H groups in total. The largest absolute Gasteiger partial charge is 0.325 e. The fourth-order valence-electron chi connectivity index (χ4n) is 3.95. The van der Waals surface area contributed by atoms with Crippen molar-refractivity contribution in [2.24, 2.45) is 0 Å². The lowest BCUT2D eigenvalue weighted by Crippen LogP contribution is -2.27. The molecule has 2 aromatic rings. The second-order valence-corrected chi connectivity index (χ2v) is 9.25. The molecule has 6 heteroatoms. The van der Waals surface area contributed by atoms with Gasteiger partial charge in [0, 0.05) is 11.7 Å². The van der Waals surface area contributed by atoms with Crippen molar-refractivity contribution in [2.45, 2.75) is 56.4 Å². The Morgan fingerprint density at radius 1 is 1.07 bits per heavy atom. The highest BCUT2D eigenvalue weighted by Gasteiger charge is 2.29. The standard InChI is InChI=1S/C21H24N2O3S/c1-13-19-12-18(9-10-20(19)22-21(13)24)27(25,26)23-14(2)16-8-7-15-5-3-4-6-17(15)11-16/h7-14,23H,3-6H2,1-2H3,(H,22,24)/t13-,14+/m0/s1. The average Bonchev–Trinajstić information content (AvgIpc) is 2.94. The Bertz CT molecular complexity index is 1010. The van der Waals surface area contributed by atoms with Gasteiger partial charge in [-0.2, -0.15) is 0 Å². The second-order valence-electron chi connectivity index (χ2n) is 7.54.